The second-order valence-corrected chi connectivity index (χ2v) is 7.60. The number of carbonyl (C=O) groups is 1. The van der Waals surface area contributed by atoms with E-state index in [1.807, 2.05) is 24.3 Å². The number of carbonyl (C=O) groups excluding carboxylic acids is 1. The molecule has 4 rings (SSSR count). The topological polar surface area (TPSA) is 47.9 Å². The molecule has 4 heteroatoms. The number of ether oxygens (including phenoxy) is 2. The third-order valence-corrected chi connectivity index (χ3v) is 5.30. The molecular formula is C24H25NO3. The van der Waals surface area contributed by atoms with E-state index in [-0.39, 0.29) is 25.0 Å². The first-order valence-corrected chi connectivity index (χ1v) is 9.86. The average Bonchev–Trinajstić information content (AvgIpc) is 3.19. The van der Waals surface area contributed by atoms with Gasteiger partial charge in [0.05, 0.1) is 12.5 Å². The summed E-state index contributed by atoms with van der Waals surface area (Å²) in [4.78, 5) is 16.9. The number of fused-ring (bicyclic) bond motifs is 2. The van der Waals surface area contributed by atoms with Gasteiger partial charge >= 0.3 is 5.97 Å². The molecule has 0 N–H and O–H groups in total. The lowest BCUT2D eigenvalue weighted by Crippen LogP contribution is -2.13. The van der Waals surface area contributed by atoms with Gasteiger partial charge in [0.15, 0.2) is 5.90 Å². The second kappa shape index (κ2) is 8.01. The van der Waals surface area contributed by atoms with Crippen molar-refractivity contribution in [1.82, 2.24) is 0 Å². The van der Waals surface area contributed by atoms with Gasteiger partial charge in [-0.25, -0.2) is 4.99 Å². The molecule has 1 heterocycles. The minimum atomic E-state index is -0.226. The first kappa shape index (κ1) is 18.5. The van der Waals surface area contributed by atoms with Gasteiger partial charge in [0, 0.05) is 12.0 Å². The maximum absolute atomic E-state index is 12.3. The van der Waals surface area contributed by atoms with Crippen LogP contribution in [0.2, 0.25) is 0 Å². The molecule has 28 heavy (non-hydrogen) atoms. The highest BCUT2D eigenvalue weighted by Crippen LogP contribution is 2.29. The molecule has 0 saturated heterocycles. The minimum Gasteiger partial charge on any atom is -0.479 e. The Morgan fingerprint density at radius 2 is 1.75 bits per heavy atom. The lowest BCUT2D eigenvalue weighted by molar-refractivity contribution is -0.144. The summed E-state index contributed by atoms with van der Waals surface area (Å²) in [6.45, 7) is 5.14. The molecule has 1 atom stereocenters. The van der Waals surface area contributed by atoms with Gasteiger partial charge in [-0.2, -0.15) is 0 Å². The Bertz CT molecular complexity index is 984. The Morgan fingerprint density at radius 1 is 1.11 bits per heavy atom. The highest BCUT2D eigenvalue weighted by Gasteiger charge is 2.22. The fourth-order valence-electron chi connectivity index (χ4n) is 3.62. The van der Waals surface area contributed by atoms with Crippen molar-refractivity contribution >= 4 is 33.4 Å². The molecule has 3 aromatic carbocycles. The van der Waals surface area contributed by atoms with Crippen molar-refractivity contribution in [3.05, 3.63) is 60.2 Å². The SMILES string of the molecule is CC(C)[C@H]1COC(CCC(=O)OCc2c3ccccc3cc3ccccc23)=N1. The maximum atomic E-state index is 12.3. The largest absolute Gasteiger partial charge is 0.479 e. The number of hydrogen-bond acceptors (Lipinski definition) is 4. The molecule has 0 saturated carbocycles. The number of rotatable bonds is 6. The molecule has 4 nitrogen and oxygen atoms in total. The zero-order valence-electron chi connectivity index (χ0n) is 16.4. The zero-order valence-corrected chi connectivity index (χ0v) is 16.4. The molecule has 0 radical (unpaired) electrons. The fraction of sp³-hybridized carbons (Fsp3) is 0.333. The smallest absolute Gasteiger partial charge is 0.306 e. The molecule has 0 amide bonds. The number of nitrogens with zero attached hydrogens (tertiary/aromatic N) is 1. The van der Waals surface area contributed by atoms with Crippen molar-refractivity contribution < 1.29 is 14.3 Å². The highest BCUT2D eigenvalue weighted by atomic mass is 16.5. The molecule has 1 aliphatic heterocycles. The summed E-state index contributed by atoms with van der Waals surface area (Å²) in [5.41, 5.74) is 1.05. The third kappa shape index (κ3) is 3.86. The maximum Gasteiger partial charge on any atom is 0.306 e. The van der Waals surface area contributed by atoms with Gasteiger partial charge in [-0.15, -0.1) is 0 Å². The predicted octanol–water partition coefficient (Wildman–Crippen LogP) is 5.27. The van der Waals surface area contributed by atoms with Gasteiger partial charge in [0.25, 0.3) is 0 Å². The van der Waals surface area contributed by atoms with E-state index >= 15 is 0 Å². The van der Waals surface area contributed by atoms with E-state index in [0.29, 0.717) is 24.8 Å². The summed E-state index contributed by atoms with van der Waals surface area (Å²) in [7, 11) is 0. The van der Waals surface area contributed by atoms with Gasteiger partial charge in [0.2, 0.25) is 0 Å². The van der Waals surface area contributed by atoms with E-state index in [0.717, 1.165) is 27.1 Å². The number of aliphatic imine (C=N–C) groups is 1. The summed E-state index contributed by atoms with van der Waals surface area (Å²) in [6.07, 6.45) is 0.782. The van der Waals surface area contributed by atoms with Crippen LogP contribution in [0.5, 0.6) is 0 Å². The van der Waals surface area contributed by atoms with Crippen LogP contribution in [-0.4, -0.2) is 24.5 Å². The van der Waals surface area contributed by atoms with Crippen LogP contribution in [0.4, 0.5) is 0 Å². The number of benzene rings is 3. The summed E-state index contributed by atoms with van der Waals surface area (Å²) in [5.74, 6) is 0.895. The standard InChI is InChI=1S/C24H25NO3/c1-16(2)22-15-27-23(25-22)11-12-24(26)28-14-21-19-9-5-3-7-17(19)13-18-8-4-6-10-20(18)21/h3-10,13,16,22H,11-12,14-15H2,1-2H3/t22-/m1/s1. The summed E-state index contributed by atoms with van der Waals surface area (Å²) >= 11 is 0. The Balaban J connectivity index is 1.46. The average molecular weight is 375 g/mol. The van der Waals surface area contributed by atoms with E-state index in [1.165, 1.54) is 0 Å². The van der Waals surface area contributed by atoms with E-state index in [9.17, 15) is 4.79 Å². The Labute approximate surface area is 165 Å². The van der Waals surface area contributed by atoms with Crippen LogP contribution < -0.4 is 0 Å². The molecule has 0 aliphatic carbocycles. The summed E-state index contributed by atoms with van der Waals surface area (Å²) in [6, 6.07) is 18.8. The van der Waals surface area contributed by atoms with Crippen molar-refractivity contribution in [2.24, 2.45) is 10.9 Å². The molecule has 0 bridgehead atoms. The van der Waals surface area contributed by atoms with E-state index in [2.05, 4.69) is 49.2 Å². The molecular weight excluding hydrogens is 350 g/mol. The zero-order chi connectivity index (χ0) is 19.5. The van der Waals surface area contributed by atoms with E-state index < -0.39 is 0 Å². The fourth-order valence-corrected chi connectivity index (χ4v) is 3.62. The van der Waals surface area contributed by atoms with Crippen LogP contribution in [0, 0.1) is 5.92 Å². The first-order valence-electron chi connectivity index (χ1n) is 9.86. The first-order chi connectivity index (χ1) is 13.6. The molecule has 144 valence electrons. The molecule has 1 aliphatic rings. The number of esters is 1. The Morgan fingerprint density at radius 3 is 2.36 bits per heavy atom. The quantitative estimate of drug-likeness (QED) is 0.436. The molecule has 0 spiro atoms. The minimum absolute atomic E-state index is 0.202. The molecule has 0 aromatic heterocycles. The normalized spacial score (nSPS) is 16.4. The van der Waals surface area contributed by atoms with Gasteiger partial charge in [-0.3, -0.25) is 4.79 Å². The van der Waals surface area contributed by atoms with Crippen molar-refractivity contribution in [2.45, 2.75) is 39.3 Å². The highest BCUT2D eigenvalue weighted by molar-refractivity contribution is 6.02. The van der Waals surface area contributed by atoms with Crippen LogP contribution >= 0.6 is 0 Å². The Kier molecular flexibility index (Phi) is 5.29. The van der Waals surface area contributed by atoms with Gasteiger partial charge in [-0.1, -0.05) is 62.4 Å². The van der Waals surface area contributed by atoms with Gasteiger partial charge in [0.1, 0.15) is 13.2 Å². The lowest BCUT2D eigenvalue weighted by Gasteiger charge is -2.12. The van der Waals surface area contributed by atoms with Crippen molar-refractivity contribution in [3.63, 3.8) is 0 Å². The molecule has 0 fully saturated rings. The summed E-state index contributed by atoms with van der Waals surface area (Å²) < 4.78 is 11.2. The van der Waals surface area contributed by atoms with E-state index in [1.54, 1.807) is 0 Å². The van der Waals surface area contributed by atoms with Crippen molar-refractivity contribution in [3.8, 4) is 0 Å². The number of hydrogen-bond donors (Lipinski definition) is 0. The second-order valence-electron chi connectivity index (χ2n) is 7.60. The predicted molar refractivity (Wildman–Crippen MR) is 112 cm³/mol. The van der Waals surface area contributed by atoms with Gasteiger partial charge < -0.3 is 9.47 Å². The molecule has 0 unspecified atom stereocenters. The lowest BCUT2D eigenvalue weighted by atomic mass is 9.97. The van der Waals surface area contributed by atoms with Gasteiger partial charge in [-0.05, 0) is 33.5 Å². The molecule has 3 aromatic rings. The van der Waals surface area contributed by atoms with Crippen LogP contribution in [-0.2, 0) is 20.9 Å². The van der Waals surface area contributed by atoms with Crippen LogP contribution in [0.25, 0.3) is 21.5 Å². The van der Waals surface area contributed by atoms with Crippen LogP contribution in [0.3, 0.4) is 0 Å². The Hall–Kier alpha value is -2.88. The van der Waals surface area contributed by atoms with E-state index in [4.69, 9.17) is 9.47 Å². The van der Waals surface area contributed by atoms with Crippen molar-refractivity contribution in [2.75, 3.05) is 6.61 Å². The summed E-state index contributed by atoms with van der Waals surface area (Å²) in [5, 5.41) is 4.55. The van der Waals surface area contributed by atoms with Crippen LogP contribution in [0.1, 0.15) is 32.3 Å². The monoisotopic (exact) mass is 375 g/mol. The third-order valence-electron chi connectivity index (χ3n) is 5.30. The van der Waals surface area contributed by atoms with Crippen LogP contribution in [0.15, 0.2) is 59.6 Å². The van der Waals surface area contributed by atoms with Crippen molar-refractivity contribution in [1.29, 1.82) is 0 Å².